The molecule has 4 rings (SSSR count). The summed E-state index contributed by atoms with van der Waals surface area (Å²) in [4.78, 5) is 5.29. The summed E-state index contributed by atoms with van der Waals surface area (Å²) in [7, 11) is 0. The minimum atomic E-state index is -0.198. The first kappa shape index (κ1) is 31.9. The van der Waals surface area contributed by atoms with E-state index < -0.39 is 0 Å². The molecule has 0 fully saturated rings. The Morgan fingerprint density at radius 1 is 0.548 bits per heavy atom. The van der Waals surface area contributed by atoms with E-state index in [9.17, 15) is 0 Å². The molecular weight excluding hydrogens is 508 g/mol. The van der Waals surface area contributed by atoms with E-state index in [1.807, 2.05) is 0 Å². The van der Waals surface area contributed by atoms with Crippen molar-refractivity contribution < 1.29 is 0 Å². The number of anilines is 1. The van der Waals surface area contributed by atoms with Crippen LogP contribution in [0.2, 0.25) is 0 Å². The number of hydrogen-bond acceptors (Lipinski definition) is 2. The number of rotatable bonds is 20. The molecule has 3 aromatic carbocycles. The number of hydrogen-bond donors (Lipinski definition) is 0. The summed E-state index contributed by atoms with van der Waals surface area (Å²) in [5.74, 6) is 0.357. The van der Waals surface area contributed by atoms with Gasteiger partial charge in [0.2, 0.25) is 0 Å². The summed E-state index contributed by atoms with van der Waals surface area (Å²) in [5.41, 5.74) is 3.89. The van der Waals surface area contributed by atoms with Crippen molar-refractivity contribution in [2.24, 2.45) is 0 Å². The van der Waals surface area contributed by atoms with E-state index in [-0.39, 0.29) is 5.66 Å². The molecule has 42 heavy (non-hydrogen) atoms. The first-order valence-corrected chi connectivity index (χ1v) is 17.2. The van der Waals surface area contributed by atoms with Crippen LogP contribution in [-0.4, -0.2) is 17.1 Å². The predicted octanol–water partition coefficient (Wildman–Crippen LogP) is 11.5. The summed E-state index contributed by atoms with van der Waals surface area (Å²) in [6.45, 7) is 5.76. The van der Waals surface area contributed by atoms with Crippen molar-refractivity contribution in [2.75, 3.05) is 11.4 Å². The zero-order valence-corrected chi connectivity index (χ0v) is 26.6. The van der Waals surface area contributed by atoms with Crippen LogP contribution in [0.15, 0.2) is 103 Å². The molecule has 1 aliphatic rings. The molecule has 2 heteroatoms. The molecule has 2 nitrogen and oxygen atoms in total. The fourth-order valence-electron chi connectivity index (χ4n) is 7.10. The van der Waals surface area contributed by atoms with Crippen LogP contribution in [0.3, 0.4) is 0 Å². The molecule has 0 bridgehead atoms. The molecule has 0 radical (unpaired) electrons. The summed E-state index contributed by atoms with van der Waals surface area (Å²) < 4.78 is 0. The fourth-order valence-corrected chi connectivity index (χ4v) is 7.10. The van der Waals surface area contributed by atoms with Crippen LogP contribution in [0.1, 0.15) is 121 Å². The monoisotopic (exact) mass is 564 g/mol. The van der Waals surface area contributed by atoms with Crippen LogP contribution in [-0.2, 0) is 6.42 Å². The Hall–Kier alpha value is -3.00. The molecule has 2 unspecified atom stereocenters. The van der Waals surface area contributed by atoms with Gasteiger partial charge in [-0.1, -0.05) is 170 Å². The second-order valence-corrected chi connectivity index (χ2v) is 12.4. The molecule has 0 aromatic heterocycles. The van der Waals surface area contributed by atoms with E-state index in [1.54, 1.807) is 0 Å². The molecule has 226 valence electrons. The lowest BCUT2D eigenvalue weighted by atomic mass is 9.78. The van der Waals surface area contributed by atoms with E-state index in [1.165, 1.54) is 100 Å². The lowest BCUT2D eigenvalue weighted by Gasteiger charge is -2.51. The Bertz CT molecular complexity index is 1130. The Kier molecular flexibility index (Phi) is 13.6. The lowest BCUT2D eigenvalue weighted by Crippen LogP contribution is -2.59. The fraction of sp³-hybridized carbons (Fsp3) is 0.500. The lowest BCUT2D eigenvalue weighted by molar-refractivity contribution is 0.125. The minimum absolute atomic E-state index is 0.198. The van der Waals surface area contributed by atoms with Gasteiger partial charge in [0.25, 0.3) is 0 Å². The van der Waals surface area contributed by atoms with Gasteiger partial charge in [-0.05, 0) is 36.1 Å². The van der Waals surface area contributed by atoms with Crippen LogP contribution in [0.4, 0.5) is 5.69 Å². The highest BCUT2D eigenvalue weighted by molar-refractivity contribution is 5.56. The van der Waals surface area contributed by atoms with E-state index in [0.717, 1.165) is 19.4 Å². The molecule has 2 atom stereocenters. The zero-order valence-electron chi connectivity index (χ0n) is 26.6. The number of benzene rings is 3. The highest BCUT2D eigenvalue weighted by atomic mass is 15.4. The van der Waals surface area contributed by atoms with Gasteiger partial charge in [0.05, 0.1) is 0 Å². The van der Waals surface area contributed by atoms with E-state index >= 15 is 0 Å². The molecule has 3 aromatic rings. The summed E-state index contributed by atoms with van der Waals surface area (Å²) >= 11 is 0. The Labute approximate surface area is 257 Å². The van der Waals surface area contributed by atoms with E-state index in [4.69, 9.17) is 0 Å². The maximum atomic E-state index is 2.70. The van der Waals surface area contributed by atoms with Gasteiger partial charge in [-0.15, -0.1) is 0 Å². The van der Waals surface area contributed by atoms with Crippen LogP contribution in [0.25, 0.3) is 0 Å². The summed E-state index contributed by atoms with van der Waals surface area (Å²) in [6, 6.07) is 33.4. The molecule has 0 N–H and O–H groups in total. The SMILES string of the molecule is CCCCCCCCCCCCCCCN1C=CN(c2ccccc2)C1(Cc1ccccc1)C(CC)c1ccccc1. The van der Waals surface area contributed by atoms with Gasteiger partial charge >= 0.3 is 0 Å². The molecular formula is C40H56N2. The Morgan fingerprint density at radius 3 is 1.60 bits per heavy atom. The Balaban J connectivity index is 1.43. The topological polar surface area (TPSA) is 6.48 Å². The average Bonchev–Trinajstić information content (AvgIpc) is 3.39. The summed E-state index contributed by atoms with van der Waals surface area (Å²) in [5, 5.41) is 0. The zero-order chi connectivity index (χ0) is 29.3. The molecule has 0 saturated carbocycles. The second-order valence-electron chi connectivity index (χ2n) is 12.4. The van der Waals surface area contributed by atoms with Gasteiger partial charge in [-0.2, -0.15) is 0 Å². The van der Waals surface area contributed by atoms with Crippen molar-refractivity contribution in [1.82, 2.24) is 4.90 Å². The third-order valence-corrected chi connectivity index (χ3v) is 9.32. The maximum absolute atomic E-state index is 2.70. The van der Waals surface area contributed by atoms with E-state index in [2.05, 4.69) is 127 Å². The normalized spacial score (nSPS) is 17.2. The molecule has 0 spiro atoms. The first-order valence-electron chi connectivity index (χ1n) is 17.2. The first-order chi connectivity index (χ1) is 20.8. The summed E-state index contributed by atoms with van der Waals surface area (Å²) in [6.07, 6.45) is 24.9. The van der Waals surface area contributed by atoms with E-state index in [0.29, 0.717) is 5.92 Å². The maximum Gasteiger partial charge on any atom is 0.127 e. The highest BCUT2D eigenvalue weighted by Crippen LogP contribution is 2.47. The van der Waals surface area contributed by atoms with Crippen molar-refractivity contribution in [2.45, 2.75) is 122 Å². The third kappa shape index (κ3) is 8.76. The second kappa shape index (κ2) is 17.8. The van der Waals surface area contributed by atoms with Crippen molar-refractivity contribution in [3.63, 3.8) is 0 Å². The van der Waals surface area contributed by atoms with Crippen molar-refractivity contribution in [1.29, 1.82) is 0 Å². The van der Waals surface area contributed by atoms with Gasteiger partial charge in [-0.3, -0.25) is 0 Å². The minimum Gasteiger partial charge on any atom is -0.352 e. The molecule has 0 aliphatic carbocycles. The van der Waals surface area contributed by atoms with Crippen LogP contribution in [0, 0.1) is 0 Å². The molecule has 1 heterocycles. The smallest absolute Gasteiger partial charge is 0.127 e. The largest absolute Gasteiger partial charge is 0.352 e. The van der Waals surface area contributed by atoms with Gasteiger partial charge in [0.1, 0.15) is 5.66 Å². The van der Waals surface area contributed by atoms with Crippen LogP contribution < -0.4 is 4.90 Å². The Morgan fingerprint density at radius 2 is 1.05 bits per heavy atom. The van der Waals surface area contributed by atoms with Crippen molar-refractivity contribution >= 4 is 5.69 Å². The third-order valence-electron chi connectivity index (χ3n) is 9.32. The molecule has 0 amide bonds. The number of unbranched alkanes of at least 4 members (excludes halogenated alkanes) is 12. The number of para-hydroxylation sites is 1. The predicted molar refractivity (Wildman–Crippen MR) is 183 cm³/mol. The molecule has 1 aliphatic heterocycles. The van der Waals surface area contributed by atoms with Gasteiger partial charge < -0.3 is 9.80 Å². The highest BCUT2D eigenvalue weighted by Gasteiger charge is 2.50. The van der Waals surface area contributed by atoms with Crippen molar-refractivity contribution in [3.8, 4) is 0 Å². The van der Waals surface area contributed by atoms with Crippen molar-refractivity contribution in [3.05, 3.63) is 115 Å². The van der Waals surface area contributed by atoms with Crippen LogP contribution >= 0.6 is 0 Å². The average molecular weight is 565 g/mol. The quantitative estimate of drug-likeness (QED) is 0.126. The van der Waals surface area contributed by atoms with Gasteiger partial charge in [-0.25, -0.2) is 0 Å². The van der Waals surface area contributed by atoms with Gasteiger partial charge in [0.15, 0.2) is 0 Å². The van der Waals surface area contributed by atoms with Crippen LogP contribution in [0.5, 0.6) is 0 Å². The van der Waals surface area contributed by atoms with Gasteiger partial charge in [0, 0.05) is 37.0 Å². The standard InChI is InChI=1S/C40H56N2/c1-3-5-6-7-8-9-10-11-12-13-14-15-25-32-41-33-34-42(38-30-23-18-24-31-38)40(41,35-36-26-19-16-20-27-36)39(4-2)37-28-21-17-22-29-37/h16-24,26-31,33-34,39H,3-15,25,32,35H2,1-2H3. The number of nitrogens with zero attached hydrogens (tertiary/aromatic N) is 2. The molecule has 0 saturated heterocycles.